The van der Waals surface area contributed by atoms with Gasteiger partial charge in [-0.2, -0.15) is 0 Å². The van der Waals surface area contributed by atoms with Crippen LogP contribution in [0, 0.1) is 24.4 Å². The van der Waals surface area contributed by atoms with Crippen LogP contribution >= 0.6 is 0 Å². The normalized spacial score (nSPS) is 10.3. The summed E-state index contributed by atoms with van der Waals surface area (Å²) in [6, 6.07) is 5.86. The van der Waals surface area contributed by atoms with E-state index in [2.05, 4.69) is 5.32 Å². The van der Waals surface area contributed by atoms with Crippen molar-refractivity contribution in [2.24, 2.45) is 0 Å². The van der Waals surface area contributed by atoms with Crippen molar-refractivity contribution < 1.29 is 37.4 Å². The Labute approximate surface area is 157 Å². The number of hydrogen-bond donors (Lipinski definition) is 3. The van der Waals surface area contributed by atoms with Crippen LogP contribution in [-0.4, -0.2) is 36.0 Å². The highest BCUT2D eigenvalue weighted by Crippen LogP contribution is 2.22. The van der Waals surface area contributed by atoms with Crippen LogP contribution in [0.2, 0.25) is 0 Å². The van der Waals surface area contributed by atoms with Crippen molar-refractivity contribution in [1.29, 1.82) is 0 Å². The maximum Gasteiger partial charge on any atom is 0.342 e. The molecular weight excluding hydrogens is 381 g/mol. The number of phenols is 1. The number of amides is 2. The molecule has 2 rings (SSSR count). The van der Waals surface area contributed by atoms with Crippen LogP contribution in [0.5, 0.6) is 5.75 Å². The van der Waals surface area contributed by atoms with Crippen molar-refractivity contribution in [3.05, 3.63) is 58.9 Å². The van der Waals surface area contributed by atoms with E-state index in [1.165, 1.54) is 12.1 Å². The number of rotatable bonds is 6. The minimum Gasteiger partial charge on any atom is -0.507 e. The molecule has 0 radical (unpaired) electrons. The molecule has 0 aromatic heterocycles. The quantitative estimate of drug-likeness (QED) is 0.512. The average Bonchev–Trinajstić information content (AvgIpc) is 2.67. The van der Waals surface area contributed by atoms with Crippen molar-refractivity contribution in [1.82, 2.24) is 5.32 Å². The lowest BCUT2D eigenvalue weighted by Gasteiger charge is -2.09. The lowest BCUT2D eigenvalue weighted by atomic mass is 10.1. The zero-order chi connectivity index (χ0) is 20.8. The summed E-state index contributed by atoms with van der Waals surface area (Å²) < 4.78 is 44.1. The molecule has 0 atom stereocenters. The largest absolute Gasteiger partial charge is 0.507 e. The first kappa shape index (κ1) is 20.7. The summed E-state index contributed by atoms with van der Waals surface area (Å²) in [5, 5.41) is 13.8. The van der Waals surface area contributed by atoms with Crippen LogP contribution in [0.3, 0.4) is 0 Å². The Balaban J connectivity index is 1.82. The molecule has 0 saturated heterocycles. The number of anilines is 1. The fourth-order valence-electron chi connectivity index (χ4n) is 2.08. The maximum absolute atomic E-state index is 13.5. The van der Waals surface area contributed by atoms with Gasteiger partial charge in [0.1, 0.15) is 11.3 Å². The van der Waals surface area contributed by atoms with Crippen LogP contribution in [0.1, 0.15) is 15.9 Å². The second kappa shape index (κ2) is 8.89. The first-order chi connectivity index (χ1) is 13.2. The van der Waals surface area contributed by atoms with Gasteiger partial charge in [-0.1, -0.05) is 12.1 Å². The van der Waals surface area contributed by atoms with Crippen molar-refractivity contribution in [3.8, 4) is 5.75 Å². The van der Waals surface area contributed by atoms with Gasteiger partial charge in [0, 0.05) is 0 Å². The summed E-state index contributed by atoms with van der Waals surface area (Å²) in [5.41, 5.74) is -0.279. The fraction of sp³-hybridized carbons (Fsp3) is 0.167. The first-order valence-electron chi connectivity index (χ1n) is 7.86. The Kier molecular flexibility index (Phi) is 6.59. The van der Waals surface area contributed by atoms with Crippen LogP contribution < -0.4 is 10.6 Å². The third-order valence-electron chi connectivity index (χ3n) is 3.55. The Hall–Kier alpha value is -3.56. The van der Waals surface area contributed by atoms with Crippen molar-refractivity contribution in [2.75, 3.05) is 18.5 Å². The number of nitrogens with one attached hydrogen (secondary N) is 2. The molecular formula is C18H15F3N2O5. The SMILES string of the molecule is Cc1cccc(C(=O)OCC(=O)NCC(=O)Nc2ccc(F)c(F)c2F)c1O. The summed E-state index contributed by atoms with van der Waals surface area (Å²) in [6.07, 6.45) is 0. The van der Waals surface area contributed by atoms with Crippen molar-refractivity contribution >= 4 is 23.5 Å². The molecule has 3 N–H and O–H groups in total. The Morgan fingerprint density at radius 1 is 1.04 bits per heavy atom. The molecule has 148 valence electrons. The molecule has 2 aromatic carbocycles. The summed E-state index contributed by atoms with van der Waals surface area (Å²) in [7, 11) is 0. The number of carbonyl (C=O) groups excluding carboxylic acids is 3. The van der Waals surface area contributed by atoms with Crippen LogP contribution in [0.25, 0.3) is 0 Å². The standard InChI is InChI=1S/C18H15F3N2O5/c1-9-3-2-4-10(17(9)26)18(27)28-8-14(25)22-7-13(24)23-12-6-5-11(19)15(20)16(12)21/h2-6,26H,7-8H2,1H3,(H,22,25)(H,23,24). The molecule has 0 fully saturated rings. The predicted octanol–water partition coefficient (Wildman–Crippen LogP) is 2.03. The summed E-state index contributed by atoms with van der Waals surface area (Å²) >= 11 is 0. The molecule has 7 nitrogen and oxygen atoms in total. The number of benzene rings is 2. The van der Waals surface area contributed by atoms with Gasteiger partial charge >= 0.3 is 5.97 Å². The van der Waals surface area contributed by atoms with E-state index >= 15 is 0 Å². The van der Waals surface area contributed by atoms with Gasteiger partial charge in [-0.15, -0.1) is 0 Å². The predicted molar refractivity (Wildman–Crippen MR) is 91.1 cm³/mol. The minimum atomic E-state index is -1.74. The molecule has 0 unspecified atom stereocenters. The first-order valence-corrected chi connectivity index (χ1v) is 7.86. The number of phenolic OH excluding ortho intramolecular Hbond substituents is 1. The molecule has 2 aromatic rings. The number of para-hydroxylation sites is 1. The maximum atomic E-state index is 13.5. The second-order valence-corrected chi connectivity index (χ2v) is 5.60. The van der Waals surface area contributed by atoms with Gasteiger partial charge in [-0.3, -0.25) is 9.59 Å². The highest BCUT2D eigenvalue weighted by Gasteiger charge is 2.17. The van der Waals surface area contributed by atoms with Crippen molar-refractivity contribution in [2.45, 2.75) is 6.92 Å². The Morgan fingerprint density at radius 3 is 2.46 bits per heavy atom. The molecule has 10 heteroatoms. The average molecular weight is 396 g/mol. The lowest BCUT2D eigenvalue weighted by Crippen LogP contribution is -2.35. The van der Waals surface area contributed by atoms with E-state index in [4.69, 9.17) is 4.74 Å². The molecule has 0 saturated carbocycles. The highest BCUT2D eigenvalue weighted by molar-refractivity contribution is 5.96. The van der Waals surface area contributed by atoms with E-state index in [9.17, 15) is 32.7 Å². The third kappa shape index (κ3) is 5.00. The van der Waals surface area contributed by atoms with E-state index in [0.717, 1.165) is 6.07 Å². The van der Waals surface area contributed by atoms with E-state index in [0.29, 0.717) is 11.6 Å². The third-order valence-corrected chi connectivity index (χ3v) is 3.55. The Bertz CT molecular complexity index is 934. The lowest BCUT2D eigenvalue weighted by molar-refractivity contribution is -0.126. The molecule has 0 aliphatic rings. The number of esters is 1. The monoisotopic (exact) mass is 396 g/mol. The number of hydrogen-bond acceptors (Lipinski definition) is 5. The minimum absolute atomic E-state index is 0.126. The molecule has 0 bridgehead atoms. The molecule has 0 aliphatic carbocycles. The summed E-state index contributed by atoms with van der Waals surface area (Å²) in [5.74, 6) is -7.71. The van der Waals surface area contributed by atoms with Crippen molar-refractivity contribution in [3.63, 3.8) is 0 Å². The summed E-state index contributed by atoms with van der Waals surface area (Å²) in [4.78, 5) is 35.1. The van der Waals surface area contributed by atoms with Gasteiger partial charge in [0.05, 0.1) is 12.2 Å². The zero-order valence-corrected chi connectivity index (χ0v) is 14.5. The smallest absolute Gasteiger partial charge is 0.342 e. The molecule has 0 aliphatic heterocycles. The topological polar surface area (TPSA) is 105 Å². The number of halogens is 3. The van der Waals surface area contributed by atoms with Crippen LogP contribution in [0.15, 0.2) is 30.3 Å². The molecule has 0 spiro atoms. The molecule has 0 heterocycles. The van der Waals surface area contributed by atoms with E-state index in [1.807, 2.05) is 5.32 Å². The van der Waals surface area contributed by atoms with E-state index in [1.54, 1.807) is 13.0 Å². The number of aryl methyl sites for hydroxylation is 1. The van der Waals surface area contributed by atoms with Crippen LogP contribution in [0.4, 0.5) is 18.9 Å². The number of carbonyl (C=O) groups is 3. The van der Waals surface area contributed by atoms with E-state index < -0.39 is 54.1 Å². The second-order valence-electron chi connectivity index (χ2n) is 5.60. The van der Waals surface area contributed by atoms with Gasteiger partial charge in [0.25, 0.3) is 5.91 Å². The Morgan fingerprint density at radius 2 is 1.75 bits per heavy atom. The number of aromatic hydroxyl groups is 1. The molecule has 2 amide bonds. The van der Waals surface area contributed by atoms with Gasteiger partial charge in [-0.25, -0.2) is 18.0 Å². The van der Waals surface area contributed by atoms with Gasteiger partial charge in [0.15, 0.2) is 24.1 Å². The summed E-state index contributed by atoms with van der Waals surface area (Å²) in [6.45, 7) is 0.205. The van der Waals surface area contributed by atoms with Gasteiger partial charge < -0.3 is 20.5 Å². The number of ether oxygens (including phenoxy) is 1. The zero-order valence-electron chi connectivity index (χ0n) is 14.5. The van der Waals surface area contributed by atoms with Gasteiger partial charge in [-0.05, 0) is 30.7 Å². The van der Waals surface area contributed by atoms with Crippen LogP contribution in [-0.2, 0) is 14.3 Å². The van der Waals surface area contributed by atoms with Gasteiger partial charge in [0.2, 0.25) is 5.91 Å². The fourth-order valence-corrected chi connectivity index (χ4v) is 2.08. The highest BCUT2D eigenvalue weighted by atomic mass is 19.2. The van der Waals surface area contributed by atoms with E-state index in [-0.39, 0.29) is 11.3 Å². The molecule has 28 heavy (non-hydrogen) atoms.